The largest absolute Gasteiger partial charge is 0.478 e. The van der Waals surface area contributed by atoms with Crippen LogP contribution in [0.1, 0.15) is 10.4 Å². The van der Waals surface area contributed by atoms with Crippen LogP contribution >= 0.6 is 11.6 Å². The average molecular weight is 293 g/mol. The van der Waals surface area contributed by atoms with Crippen molar-refractivity contribution in [2.45, 2.75) is 0 Å². The van der Waals surface area contributed by atoms with Crippen LogP contribution in [0.3, 0.4) is 0 Å². The third kappa shape index (κ3) is 3.42. The normalized spacial score (nSPS) is 9.85. The molecule has 0 aliphatic rings. The summed E-state index contributed by atoms with van der Waals surface area (Å²) in [7, 11) is 0. The molecule has 102 valence electrons. The van der Waals surface area contributed by atoms with E-state index in [1.54, 1.807) is 0 Å². The number of carboxylic acids is 1. The van der Waals surface area contributed by atoms with Crippen molar-refractivity contribution >= 4 is 35.0 Å². The number of halogens is 1. The fraction of sp³-hybridized carbons (Fsp3) is 0. The molecular formula is C12H9ClN4O3. The number of benzene rings is 1. The van der Waals surface area contributed by atoms with E-state index in [0.29, 0.717) is 11.4 Å². The molecule has 7 nitrogen and oxygen atoms in total. The van der Waals surface area contributed by atoms with Crippen molar-refractivity contribution in [2.24, 2.45) is 0 Å². The van der Waals surface area contributed by atoms with Crippen LogP contribution in [0.2, 0.25) is 5.02 Å². The van der Waals surface area contributed by atoms with Crippen LogP contribution in [0.25, 0.3) is 0 Å². The maximum Gasteiger partial charge on any atom is 0.337 e. The quantitative estimate of drug-likeness (QED) is 0.806. The van der Waals surface area contributed by atoms with Gasteiger partial charge in [-0.3, -0.25) is 0 Å². The van der Waals surface area contributed by atoms with Crippen molar-refractivity contribution in [3.8, 4) is 0 Å². The van der Waals surface area contributed by atoms with E-state index in [1.165, 1.54) is 36.9 Å². The Hall–Kier alpha value is -2.67. The van der Waals surface area contributed by atoms with Gasteiger partial charge >= 0.3 is 12.0 Å². The Bertz CT molecular complexity index is 648. The van der Waals surface area contributed by atoms with E-state index in [1.807, 2.05) is 0 Å². The van der Waals surface area contributed by atoms with Crippen molar-refractivity contribution in [3.05, 3.63) is 47.5 Å². The van der Waals surface area contributed by atoms with Gasteiger partial charge in [-0.05, 0) is 18.2 Å². The Labute approximate surface area is 118 Å². The molecule has 20 heavy (non-hydrogen) atoms. The molecule has 0 aliphatic carbocycles. The summed E-state index contributed by atoms with van der Waals surface area (Å²) in [5.74, 6) is -1.13. The van der Waals surface area contributed by atoms with Gasteiger partial charge in [-0.1, -0.05) is 11.6 Å². The van der Waals surface area contributed by atoms with Gasteiger partial charge in [-0.15, -0.1) is 0 Å². The van der Waals surface area contributed by atoms with Crippen molar-refractivity contribution < 1.29 is 14.7 Å². The van der Waals surface area contributed by atoms with Crippen LogP contribution in [0, 0.1) is 0 Å². The Morgan fingerprint density at radius 1 is 1.10 bits per heavy atom. The molecule has 0 bridgehead atoms. The third-order valence-corrected chi connectivity index (χ3v) is 2.59. The van der Waals surface area contributed by atoms with Gasteiger partial charge in [0.05, 0.1) is 28.7 Å². The summed E-state index contributed by atoms with van der Waals surface area (Å²) in [5.41, 5.74) is 0.765. The van der Waals surface area contributed by atoms with Crippen LogP contribution in [-0.2, 0) is 0 Å². The zero-order chi connectivity index (χ0) is 14.5. The SMILES string of the molecule is O=C(Nc1cncnc1)Nc1ccc(C(=O)O)c(Cl)c1. The smallest absolute Gasteiger partial charge is 0.337 e. The van der Waals surface area contributed by atoms with E-state index < -0.39 is 12.0 Å². The van der Waals surface area contributed by atoms with E-state index in [4.69, 9.17) is 16.7 Å². The minimum atomic E-state index is -1.13. The summed E-state index contributed by atoms with van der Waals surface area (Å²) in [5, 5.41) is 13.9. The summed E-state index contributed by atoms with van der Waals surface area (Å²) in [6, 6.07) is 3.59. The number of hydrogen-bond donors (Lipinski definition) is 3. The predicted molar refractivity (Wildman–Crippen MR) is 73.1 cm³/mol. The first-order valence-electron chi connectivity index (χ1n) is 5.42. The van der Waals surface area contributed by atoms with E-state index >= 15 is 0 Å². The highest BCUT2D eigenvalue weighted by Gasteiger charge is 2.10. The topological polar surface area (TPSA) is 104 Å². The second-order valence-electron chi connectivity index (χ2n) is 3.71. The Morgan fingerprint density at radius 3 is 2.35 bits per heavy atom. The molecule has 2 aromatic rings. The molecule has 0 spiro atoms. The summed E-state index contributed by atoms with van der Waals surface area (Å²) in [6.07, 6.45) is 4.22. The molecule has 1 heterocycles. The molecule has 0 unspecified atom stereocenters. The lowest BCUT2D eigenvalue weighted by Gasteiger charge is -2.08. The minimum Gasteiger partial charge on any atom is -0.478 e. The van der Waals surface area contributed by atoms with Gasteiger partial charge in [0.15, 0.2) is 0 Å². The molecule has 2 amide bonds. The monoisotopic (exact) mass is 292 g/mol. The molecule has 2 rings (SSSR count). The summed E-state index contributed by atoms with van der Waals surface area (Å²) in [4.78, 5) is 30.0. The lowest BCUT2D eigenvalue weighted by Crippen LogP contribution is -2.19. The van der Waals surface area contributed by atoms with Gasteiger partial charge in [0.1, 0.15) is 6.33 Å². The van der Waals surface area contributed by atoms with Gasteiger partial charge in [-0.2, -0.15) is 0 Å². The number of carbonyl (C=O) groups excluding carboxylic acids is 1. The van der Waals surface area contributed by atoms with Crippen LogP contribution in [0.5, 0.6) is 0 Å². The first-order valence-corrected chi connectivity index (χ1v) is 5.80. The van der Waals surface area contributed by atoms with Crippen LogP contribution in [0.4, 0.5) is 16.2 Å². The number of rotatable bonds is 3. The van der Waals surface area contributed by atoms with Gasteiger partial charge in [0.2, 0.25) is 0 Å². The predicted octanol–water partition coefficient (Wildman–Crippen LogP) is 2.47. The first-order chi connectivity index (χ1) is 9.56. The highest BCUT2D eigenvalue weighted by atomic mass is 35.5. The molecule has 0 saturated heterocycles. The molecule has 1 aromatic heterocycles. The van der Waals surface area contributed by atoms with E-state index in [2.05, 4.69) is 20.6 Å². The maximum atomic E-state index is 11.7. The Morgan fingerprint density at radius 2 is 1.75 bits per heavy atom. The van der Waals surface area contributed by atoms with Crippen molar-refractivity contribution in [3.63, 3.8) is 0 Å². The van der Waals surface area contributed by atoms with E-state index in [-0.39, 0.29) is 10.6 Å². The Kier molecular flexibility index (Phi) is 4.11. The number of nitrogens with zero attached hydrogens (tertiary/aromatic N) is 2. The van der Waals surface area contributed by atoms with Crippen molar-refractivity contribution in [2.75, 3.05) is 10.6 Å². The average Bonchev–Trinajstić information content (AvgIpc) is 2.39. The minimum absolute atomic E-state index is 0.0333. The van der Waals surface area contributed by atoms with E-state index in [9.17, 15) is 9.59 Å². The number of aromatic nitrogens is 2. The van der Waals surface area contributed by atoms with Gasteiger partial charge in [0.25, 0.3) is 0 Å². The third-order valence-electron chi connectivity index (χ3n) is 2.28. The van der Waals surface area contributed by atoms with Crippen molar-refractivity contribution in [1.82, 2.24) is 9.97 Å². The number of hydrogen-bond acceptors (Lipinski definition) is 4. The van der Waals surface area contributed by atoms with E-state index in [0.717, 1.165) is 0 Å². The number of carbonyl (C=O) groups is 2. The van der Waals surface area contributed by atoms with Gasteiger partial charge in [-0.25, -0.2) is 19.6 Å². The number of anilines is 2. The Balaban J connectivity index is 2.05. The fourth-order valence-corrected chi connectivity index (χ4v) is 1.68. The lowest BCUT2D eigenvalue weighted by atomic mass is 10.2. The second-order valence-corrected chi connectivity index (χ2v) is 4.11. The fourth-order valence-electron chi connectivity index (χ4n) is 1.42. The summed E-state index contributed by atoms with van der Waals surface area (Å²) < 4.78 is 0. The molecule has 8 heteroatoms. The molecule has 0 radical (unpaired) electrons. The number of amides is 2. The lowest BCUT2D eigenvalue weighted by molar-refractivity contribution is 0.0697. The maximum absolute atomic E-state index is 11.7. The highest BCUT2D eigenvalue weighted by molar-refractivity contribution is 6.33. The molecule has 3 N–H and O–H groups in total. The number of nitrogens with one attached hydrogen (secondary N) is 2. The highest BCUT2D eigenvalue weighted by Crippen LogP contribution is 2.21. The molecule has 0 atom stereocenters. The van der Waals surface area contributed by atoms with Gasteiger partial charge < -0.3 is 15.7 Å². The molecular weight excluding hydrogens is 284 g/mol. The van der Waals surface area contributed by atoms with Crippen LogP contribution in [0.15, 0.2) is 36.9 Å². The first kappa shape index (κ1) is 13.8. The molecule has 0 aliphatic heterocycles. The zero-order valence-electron chi connectivity index (χ0n) is 10.0. The number of aromatic carboxylic acids is 1. The summed E-state index contributed by atoms with van der Waals surface area (Å²) >= 11 is 5.80. The second kappa shape index (κ2) is 5.98. The molecule has 0 saturated carbocycles. The molecule has 0 fully saturated rings. The summed E-state index contributed by atoms with van der Waals surface area (Å²) in [6.45, 7) is 0. The van der Waals surface area contributed by atoms with Gasteiger partial charge in [0, 0.05) is 5.69 Å². The zero-order valence-corrected chi connectivity index (χ0v) is 10.8. The van der Waals surface area contributed by atoms with Crippen LogP contribution in [-0.4, -0.2) is 27.1 Å². The molecule has 1 aromatic carbocycles. The standard InChI is InChI=1S/C12H9ClN4O3/c13-10-3-7(1-2-9(10)11(18)19)16-12(20)17-8-4-14-6-15-5-8/h1-6H,(H,18,19)(H2,16,17,20). The van der Waals surface area contributed by atoms with Crippen molar-refractivity contribution in [1.29, 1.82) is 0 Å². The number of urea groups is 1. The van der Waals surface area contributed by atoms with Crippen LogP contribution < -0.4 is 10.6 Å². The number of carboxylic acid groups (broad SMARTS) is 1.